The summed E-state index contributed by atoms with van der Waals surface area (Å²) in [6, 6.07) is 18.5. The van der Waals surface area contributed by atoms with Crippen LogP contribution in [0, 0.1) is 20.8 Å². The Morgan fingerprint density at radius 2 is 1.67 bits per heavy atom. The summed E-state index contributed by atoms with van der Waals surface area (Å²) in [5, 5.41) is 2.51. The smallest absolute Gasteiger partial charge is 0.293 e. The molecule has 9 heteroatoms. The fourth-order valence-electron chi connectivity index (χ4n) is 3.83. The Balaban J connectivity index is 1.35. The van der Waals surface area contributed by atoms with Gasteiger partial charge in [0.15, 0.2) is 18.1 Å². The number of nitrogens with one attached hydrogen (secondary N) is 1. The lowest BCUT2D eigenvalue weighted by Gasteiger charge is -2.13. The van der Waals surface area contributed by atoms with E-state index in [2.05, 4.69) is 5.32 Å². The minimum atomic E-state index is -0.375. The zero-order valence-electron chi connectivity index (χ0n) is 22.3. The van der Waals surface area contributed by atoms with Crippen LogP contribution in [0.25, 0.3) is 6.08 Å². The molecule has 0 radical (unpaired) electrons. The van der Waals surface area contributed by atoms with Crippen LogP contribution < -0.4 is 19.5 Å². The van der Waals surface area contributed by atoms with Gasteiger partial charge in [0.25, 0.3) is 17.1 Å². The summed E-state index contributed by atoms with van der Waals surface area (Å²) in [5.41, 5.74) is 4.51. The van der Waals surface area contributed by atoms with Crippen LogP contribution in [0.4, 0.5) is 10.5 Å². The second-order valence-electron chi connectivity index (χ2n) is 9.06. The highest BCUT2D eigenvalue weighted by atomic mass is 32.2. The highest BCUT2D eigenvalue weighted by Gasteiger charge is 2.34. The standard InChI is InChI=1S/C30H30N2O6S/c1-19-6-10-23(11-7-19)37-14-13-32-29(34)27(39-30(32)35)17-22-9-12-25(26(16-22)36-4)38-18-28(33)31-24-15-20(2)5-8-21(24)3/h5-12,15-17H,13-14,18H2,1-4H3,(H,31,33)/b27-17-. The second kappa shape index (κ2) is 12.5. The lowest BCUT2D eigenvalue weighted by atomic mass is 10.1. The molecule has 3 aromatic carbocycles. The fourth-order valence-corrected chi connectivity index (χ4v) is 4.69. The normalized spacial score (nSPS) is 14.1. The molecular weight excluding hydrogens is 516 g/mol. The first-order valence-corrected chi connectivity index (χ1v) is 13.2. The molecule has 3 amide bonds. The van der Waals surface area contributed by atoms with Gasteiger partial charge in [-0.2, -0.15) is 0 Å². The number of thioether (sulfide) groups is 1. The number of carbonyl (C=O) groups is 3. The van der Waals surface area contributed by atoms with E-state index in [1.54, 1.807) is 24.3 Å². The molecular formula is C30H30N2O6S. The molecule has 1 aliphatic heterocycles. The first-order valence-electron chi connectivity index (χ1n) is 12.4. The third-order valence-corrected chi connectivity index (χ3v) is 6.90. The first-order chi connectivity index (χ1) is 18.7. The number of ether oxygens (including phenoxy) is 3. The second-order valence-corrected chi connectivity index (χ2v) is 10.1. The lowest BCUT2D eigenvalue weighted by molar-refractivity contribution is -0.123. The van der Waals surface area contributed by atoms with Crippen LogP contribution in [0.2, 0.25) is 0 Å². The predicted octanol–water partition coefficient (Wildman–Crippen LogP) is 5.75. The van der Waals surface area contributed by atoms with Gasteiger partial charge in [-0.1, -0.05) is 35.9 Å². The number of amides is 3. The number of hydrogen-bond acceptors (Lipinski definition) is 7. The maximum absolute atomic E-state index is 12.9. The van der Waals surface area contributed by atoms with Gasteiger partial charge in [0.1, 0.15) is 12.4 Å². The Hall–Kier alpha value is -4.24. The predicted molar refractivity (Wildman–Crippen MR) is 152 cm³/mol. The van der Waals surface area contributed by atoms with Gasteiger partial charge < -0.3 is 19.5 Å². The van der Waals surface area contributed by atoms with Gasteiger partial charge in [-0.25, -0.2) is 0 Å². The third kappa shape index (κ3) is 7.20. The monoisotopic (exact) mass is 546 g/mol. The van der Waals surface area contributed by atoms with Crippen molar-refractivity contribution in [2.24, 2.45) is 0 Å². The average Bonchev–Trinajstić information content (AvgIpc) is 3.18. The Kier molecular flexibility index (Phi) is 8.93. The molecule has 8 nitrogen and oxygen atoms in total. The highest BCUT2D eigenvalue weighted by molar-refractivity contribution is 8.18. The van der Waals surface area contributed by atoms with Crippen molar-refractivity contribution < 1.29 is 28.6 Å². The van der Waals surface area contributed by atoms with Crippen LogP contribution in [-0.2, 0) is 9.59 Å². The Bertz CT molecular complexity index is 1420. The molecule has 0 saturated carbocycles. The zero-order valence-corrected chi connectivity index (χ0v) is 23.1. The van der Waals surface area contributed by atoms with Crippen molar-refractivity contribution in [3.8, 4) is 17.2 Å². The molecule has 4 rings (SSSR count). The highest BCUT2D eigenvalue weighted by Crippen LogP contribution is 2.34. The largest absolute Gasteiger partial charge is 0.493 e. The van der Waals surface area contributed by atoms with Gasteiger partial charge in [0, 0.05) is 5.69 Å². The SMILES string of the molecule is COc1cc(/C=C2\SC(=O)N(CCOc3ccc(C)cc3)C2=O)ccc1OCC(=O)Nc1cc(C)ccc1C. The van der Waals surface area contributed by atoms with E-state index in [-0.39, 0.29) is 36.8 Å². The number of anilines is 1. The lowest BCUT2D eigenvalue weighted by Crippen LogP contribution is -2.32. The van der Waals surface area contributed by atoms with Crippen LogP contribution in [0.1, 0.15) is 22.3 Å². The van der Waals surface area contributed by atoms with Gasteiger partial charge in [-0.15, -0.1) is 0 Å². The summed E-state index contributed by atoms with van der Waals surface area (Å²) in [7, 11) is 1.49. The minimum Gasteiger partial charge on any atom is -0.493 e. The van der Waals surface area contributed by atoms with Crippen LogP contribution in [-0.4, -0.2) is 48.8 Å². The molecule has 0 unspecified atom stereocenters. The summed E-state index contributed by atoms with van der Waals surface area (Å²) < 4.78 is 16.8. The van der Waals surface area contributed by atoms with E-state index in [0.29, 0.717) is 27.7 Å². The van der Waals surface area contributed by atoms with E-state index in [1.807, 2.05) is 63.2 Å². The number of hydrogen-bond donors (Lipinski definition) is 1. The number of carbonyl (C=O) groups excluding carboxylic acids is 3. The molecule has 0 aliphatic carbocycles. The van der Waals surface area contributed by atoms with E-state index in [9.17, 15) is 14.4 Å². The molecule has 3 aromatic rings. The number of aryl methyl sites for hydroxylation is 3. The van der Waals surface area contributed by atoms with Gasteiger partial charge in [0.05, 0.1) is 18.6 Å². The number of methoxy groups -OCH3 is 1. The molecule has 0 atom stereocenters. The number of rotatable bonds is 10. The van der Waals surface area contributed by atoms with Crippen LogP contribution >= 0.6 is 11.8 Å². The summed E-state index contributed by atoms with van der Waals surface area (Å²) >= 11 is 0.878. The molecule has 0 spiro atoms. The van der Waals surface area contributed by atoms with Crippen LogP contribution in [0.3, 0.4) is 0 Å². The zero-order chi connectivity index (χ0) is 27.9. The molecule has 39 heavy (non-hydrogen) atoms. The maximum Gasteiger partial charge on any atom is 0.293 e. The molecule has 1 saturated heterocycles. The van der Waals surface area contributed by atoms with Gasteiger partial charge in [-0.3, -0.25) is 19.3 Å². The molecule has 0 aromatic heterocycles. The van der Waals surface area contributed by atoms with Crippen molar-refractivity contribution >= 4 is 40.6 Å². The fraction of sp³-hybridized carbons (Fsp3) is 0.233. The average molecular weight is 547 g/mol. The number of benzene rings is 3. The van der Waals surface area contributed by atoms with Gasteiger partial charge in [-0.05, 0) is 85.6 Å². The molecule has 1 heterocycles. The molecule has 202 valence electrons. The van der Waals surface area contributed by atoms with Crippen LogP contribution in [0.15, 0.2) is 65.6 Å². The summed E-state index contributed by atoms with van der Waals surface area (Å²) in [4.78, 5) is 39.2. The van der Waals surface area contributed by atoms with Crippen molar-refractivity contribution in [2.75, 3.05) is 32.2 Å². The van der Waals surface area contributed by atoms with Gasteiger partial charge >= 0.3 is 0 Å². The van der Waals surface area contributed by atoms with Crippen molar-refractivity contribution in [1.29, 1.82) is 0 Å². The van der Waals surface area contributed by atoms with E-state index >= 15 is 0 Å². The minimum absolute atomic E-state index is 0.149. The Morgan fingerprint density at radius 3 is 2.41 bits per heavy atom. The topological polar surface area (TPSA) is 94.2 Å². The quantitative estimate of drug-likeness (QED) is 0.324. The summed E-state index contributed by atoms with van der Waals surface area (Å²) in [6.07, 6.45) is 1.63. The Labute approximate surface area is 231 Å². The van der Waals surface area contributed by atoms with E-state index in [1.165, 1.54) is 12.0 Å². The third-order valence-electron chi connectivity index (χ3n) is 5.99. The number of nitrogens with zero attached hydrogens (tertiary/aromatic N) is 1. The Morgan fingerprint density at radius 1 is 0.923 bits per heavy atom. The molecule has 0 bridgehead atoms. The van der Waals surface area contributed by atoms with Crippen molar-refractivity contribution in [2.45, 2.75) is 20.8 Å². The molecule has 1 aliphatic rings. The summed E-state index contributed by atoms with van der Waals surface area (Å²) in [5.74, 6) is 0.788. The van der Waals surface area contributed by atoms with Crippen molar-refractivity contribution in [1.82, 2.24) is 4.90 Å². The van der Waals surface area contributed by atoms with Crippen LogP contribution in [0.5, 0.6) is 17.2 Å². The number of imide groups is 1. The first kappa shape index (κ1) is 27.8. The van der Waals surface area contributed by atoms with E-state index in [4.69, 9.17) is 14.2 Å². The van der Waals surface area contributed by atoms with E-state index in [0.717, 1.165) is 34.1 Å². The maximum atomic E-state index is 12.9. The van der Waals surface area contributed by atoms with Crippen molar-refractivity contribution in [3.63, 3.8) is 0 Å². The van der Waals surface area contributed by atoms with Gasteiger partial charge in [0.2, 0.25) is 0 Å². The molecule has 1 fully saturated rings. The van der Waals surface area contributed by atoms with Crippen molar-refractivity contribution in [3.05, 3.63) is 87.8 Å². The van der Waals surface area contributed by atoms with E-state index < -0.39 is 0 Å². The molecule has 1 N–H and O–H groups in total. The summed E-state index contributed by atoms with van der Waals surface area (Å²) in [6.45, 7) is 6.01.